The third-order valence-corrected chi connectivity index (χ3v) is 3.52. The highest BCUT2D eigenvalue weighted by Gasteiger charge is 2.07. The Kier molecular flexibility index (Phi) is 5.26. The Labute approximate surface area is 96.4 Å². The minimum absolute atomic E-state index is 0.127. The van der Waals surface area contributed by atoms with Gasteiger partial charge in [0.05, 0.1) is 17.3 Å². The van der Waals surface area contributed by atoms with Gasteiger partial charge in [0.25, 0.3) is 0 Å². The Morgan fingerprint density at radius 1 is 1.47 bits per heavy atom. The summed E-state index contributed by atoms with van der Waals surface area (Å²) < 4.78 is 0. The first-order chi connectivity index (χ1) is 7.09. The molecule has 0 bridgehead atoms. The molecule has 1 aromatic rings. The van der Waals surface area contributed by atoms with E-state index in [1.54, 1.807) is 11.3 Å². The lowest BCUT2D eigenvalue weighted by Crippen LogP contribution is -2.10. The topological polar surface area (TPSA) is 33.1 Å². The Hall–Kier alpha value is -0.410. The lowest BCUT2D eigenvalue weighted by molar-refractivity contribution is 0.137. The van der Waals surface area contributed by atoms with E-state index < -0.39 is 0 Å². The maximum Gasteiger partial charge on any atom is 0.0797 e. The highest BCUT2D eigenvalue weighted by atomic mass is 32.1. The molecule has 1 heterocycles. The van der Waals surface area contributed by atoms with E-state index >= 15 is 0 Å². The lowest BCUT2D eigenvalue weighted by Gasteiger charge is -2.12. The molecule has 86 valence electrons. The van der Waals surface area contributed by atoms with Crippen LogP contribution in [0, 0.1) is 12.8 Å². The zero-order chi connectivity index (χ0) is 11.3. The number of rotatable bonds is 6. The van der Waals surface area contributed by atoms with Crippen LogP contribution in [0.4, 0.5) is 0 Å². The van der Waals surface area contributed by atoms with Crippen molar-refractivity contribution < 1.29 is 5.11 Å². The smallest absolute Gasteiger partial charge is 0.0797 e. The quantitative estimate of drug-likeness (QED) is 0.809. The van der Waals surface area contributed by atoms with Crippen molar-refractivity contribution in [2.24, 2.45) is 5.92 Å². The number of aliphatic hydroxyl groups is 1. The number of nitrogens with zero attached hydrogens (tertiary/aromatic N) is 1. The van der Waals surface area contributed by atoms with E-state index in [9.17, 15) is 5.11 Å². The predicted octanol–water partition coefficient (Wildman–Crippen LogP) is 3.18. The molecule has 0 amide bonds. The number of aliphatic hydroxyl groups excluding tert-OH is 1. The van der Waals surface area contributed by atoms with Gasteiger partial charge in [0.1, 0.15) is 0 Å². The van der Waals surface area contributed by atoms with Gasteiger partial charge in [-0.1, -0.05) is 13.8 Å². The van der Waals surface area contributed by atoms with Gasteiger partial charge in [0.2, 0.25) is 0 Å². The standard InChI is InChI=1S/C12H21NOS/c1-9(2)7-11(14)5-4-6-12-10(3)13-8-15-12/h8-9,11,14H,4-7H2,1-3H3. The van der Waals surface area contributed by atoms with Gasteiger partial charge in [-0.2, -0.15) is 0 Å². The highest BCUT2D eigenvalue weighted by molar-refractivity contribution is 7.09. The van der Waals surface area contributed by atoms with Crippen molar-refractivity contribution in [3.05, 3.63) is 16.1 Å². The summed E-state index contributed by atoms with van der Waals surface area (Å²) in [5.74, 6) is 0.588. The summed E-state index contributed by atoms with van der Waals surface area (Å²) in [4.78, 5) is 5.59. The molecule has 1 aromatic heterocycles. The van der Waals surface area contributed by atoms with E-state index in [0.717, 1.165) is 31.4 Å². The van der Waals surface area contributed by atoms with Crippen molar-refractivity contribution in [1.29, 1.82) is 0 Å². The monoisotopic (exact) mass is 227 g/mol. The fourth-order valence-corrected chi connectivity index (χ4v) is 2.55. The largest absolute Gasteiger partial charge is 0.393 e. The number of hydrogen-bond acceptors (Lipinski definition) is 3. The zero-order valence-electron chi connectivity index (χ0n) is 9.86. The van der Waals surface area contributed by atoms with Crippen LogP contribution < -0.4 is 0 Å². The normalized spacial score (nSPS) is 13.4. The second-order valence-electron chi connectivity index (χ2n) is 4.54. The number of aromatic nitrogens is 1. The third kappa shape index (κ3) is 4.76. The van der Waals surface area contributed by atoms with Crippen LogP contribution in [0.3, 0.4) is 0 Å². The van der Waals surface area contributed by atoms with Gasteiger partial charge < -0.3 is 5.11 Å². The van der Waals surface area contributed by atoms with Crippen molar-refractivity contribution in [3.63, 3.8) is 0 Å². The van der Waals surface area contributed by atoms with Gasteiger partial charge in [-0.3, -0.25) is 0 Å². The summed E-state index contributed by atoms with van der Waals surface area (Å²) in [5.41, 5.74) is 3.05. The Morgan fingerprint density at radius 2 is 2.20 bits per heavy atom. The summed E-state index contributed by atoms with van der Waals surface area (Å²) in [6.07, 6.45) is 3.83. The molecular weight excluding hydrogens is 206 g/mol. The van der Waals surface area contributed by atoms with Gasteiger partial charge in [-0.15, -0.1) is 11.3 Å². The Balaban J connectivity index is 2.19. The average Bonchev–Trinajstić information content (AvgIpc) is 2.50. The highest BCUT2D eigenvalue weighted by Crippen LogP contribution is 2.17. The van der Waals surface area contributed by atoms with Crippen LogP contribution in [-0.4, -0.2) is 16.2 Å². The minimum atomic E-state index is -0.127. The summed E-state index contributed by atoms with van der Waals surface area (Å²) in [6.45, 7) is 6.35. The van der Waals surface area contributed by atoms with E-state index in [1.807, 2.05) is 5.51 Å². The van der Waals surface area contributed by atoms with Crippen molar-refractivity contribution >= 4 is 11.3 Å². The second-order valence-corrected chi connectivity index (χ2v) is 5.48. The van der Waals surface area contributed by atoms with E-state index in [-0.39, 0.29) is 6.10 Å². The molecule has 1 unspecified atom stereocenters. The molecular formula is C12H21NOS. The van der Waals surface area contributed by atoms with Crippen LogP contribution in [0.2, 0.25) is 0 Å². The van der Waals surface area contributed by atoms with Gasteiger partial charge in [-0.05, 0) is 38.5 Å². The number of aryl methyl sites for hydroxylation is 2. The third-order valence-electron chi connectivity index (χ3n) is 2.53. The number of thiazole rings is 1. The van der Waals surface area contributed by atoms with Crippen molar-refractivity contribution in [3.8, 4) is 0 Å². The second kappa shape index (κ2) is 6.23. The summed E-state index contributed by atoms with van der Waals surface area (Å²) in [5, 5.41) is 9.71. The first kappa shape index (κ1) is 12.7. The van der Waals surface area contributed by atoms with E-state index in [1.165, 1.54) is 4.88 Å². The van der Waals surface area contributed by atoms with Gasteiger partial charge >= 0.3 is 0 Å². The summed E-state index contributed by atoms with van der Waals surface area (Å²) >= 11 is 1.72. The van der Waals surface area contributed by atoms with E-state index in [0.29, 0.717) is 5.92 Å². The maximum absolute atomic E-state index is 9.71. The molecule has 0 saturated heterocycles. The van der Waals surface area contributed by atoms with Crippen LogP contribution >= 0.6 is 11.3 Å². The Morgan fingerprint density at radius 3 is 2.73 bits per heavy atom. The molecule has 0 aliphatic rings. The molecule has 0 aliphatic carbocycles. The molecule has 15 heavy (non-hydrogen) atoms. The van der Waals surface area contributed by atoms with Crippen LogP contribution in [0.5, 0.6) is 0 Å². The fraction of sp³-hybridized carbons (Fsp3) is 0.750. The van der Waals surface area contributed by atoms with Gasteiger partial charge in [0, 0.05) is 4.88 Å². The lowest BCUT2D eigenvalue weighted by atomic mass is 10.0. The molecule has 0 fully saturated rings. The molecule has 1 atom stereocenters. The van der Waals surface area contributed by atoms with Gasteiger partial charge in [-0.25, -0.2) is 4.98 Å². The SMILES string of the molecule is Cc1ncsc1CCCC(O)CC(C)C. The van der Waals surface area contributed by atoms with Crippen LogP contribution in [0.1, 0.15) is 43.7 Å². The van der Waals surface area contributed by atoms with Gasteiger partial charge in [0.15, 0.2) is 0 Å². The molecule has 0 radical (unpaired) electrons. The minimum Gasteiger partial charge on any atom is -0.393 e. The van der Waals surface area contributed by atoms with Crippen molar-refractivity contribution in [2.75, 3.05) is 0 Å². The summed E-state index contributed by atoms with van der Waals surface area (Å²) in [7, 11) is 0. The molecule has 0 aliphatic heterocycles. The molecule has 1 rings (SSSR count). The molecule has 2 nitrogen and oxygen atoms in total. The molecule has 3 heteroatoms. The molecule has 0 spiro atoms. The number of hydrogen-bond donors (Lipinski definition) is 1. The predicted molar refractivity (Wildman–Crippen MR) is 65.3 cm³/mol. The van der Waals surface area contributed by atoms with Crippen molar-refractivity contribution in [2.45, 2.75) is 52.6 Å². The van der Waals surface area contributed by atoms with Crippen LogP contribution in [-0.2, 0) is 6.42 Å². The maximum atomic E-state index is 9.71. The first-order valence-corrected chi connectivity index (χ1v) is 6.54. The van der Waals surface area contributed by atoms with Crippen LogP contribution in [0.15, 0.2) is 5.51 Å². The molecule has 0 saturated carbocycles. The van der Waals surface area contributed by atoms with E-state index in [4.69, 9.17) is 0 Å². The van der Waals surface area contributed by atoms with Crippen molar-refractivity contribution in [1.82, 2.24) is 4.98 Å². The van der Waals surface area contributed by atoms with Crippen LogP contribution in [0.25, 0.3) is 0 Å². The van der Waals surface area contributed by atoms with E-state index in [2.05, 4.69) is 25.8 Å². The first-order valence-electron chi connectivity index (χ1n) is 5.66. The molecule has 1 N–H and O–H groups in total. The molecule has 0 aromatic carbocycles. The fourth-order valence-electron chi connectivity index (χ4n) is 1.73. The Bertz CT molecular complexity index is 283. The summed E-state index contributed by atoms with van der Waals surface area (Å²) in [6, 6.07) is 0. The zero-order valence-corrected chi connectivity index (χ0v) is 10.7. The average molecular weight is 227 g/mol.